The number of amides is 1. The molecule has 2 rings (SSSR count). The van der Waals surface area contributed by atoms with E-state index in [1.165, 1.54) is 10.5 Å². The smallest absolute Gasteiger partial charge is 0.394 e. The Bertz CT molecular complexity index is 640. The highest BCUT2D eigenvalue weighted by atomic mass is 79.9. The van der Waals surface area contributed by atoms with Gasteiger partial charge in [0.2, 0.25) is 0 Å². The Morgan fingerprint density at radius 3 is 2.50 bits per heavy atom. The molecular formula is C18H25BrN2O3. The fourth-order valence-electron chi connectivity index (χ4n) is 3.20. The van der Waals surface area contributed by atoms with Gasteiger partial charge in [-0.3, -0.25) is 4.79 Å². The van der Waals surface area contributed by atoms with Crippen molar-refractivity contribution in [2.45, 2.75) is 45.6 Å². The number of halogens is 1. The van der Waals surface area contributed by atoms with Crippen LogP contribution in [-0.4, -0.2) is 47.6 Å². The number of piperazine rings is 1. The standard InChI is InChI=1S/C18H25BrN2O3/c1-5-13-11-20(8-9-21(13)16(22)17(23)24)15-7-6-12(19)10-14(15)18(2,3)4/h6-7,10,13H,5,8-9,11H2,1-4H3,(H,23,24). The van der Waals surface area contributed by atoms with E-state index in [-0.39, 0.29) is 11.5 Å². The summed E-state index contributed by atoms with van der Waals surface area (Å²) in [4.78, 5) is 26.7. The zero-order chi connectivity index (χ0) is 18.1. The Hall–Kier alpha value is -1.56. The lowest BCUT2D eigenvalue weighted by molar-refractivity contribution is -0.157. The number of carboxylic acid groups (broad SMARTS) is 1. The summed E-state index contributed by atoms with van der Waals surface area (Å²) in [5.41, 5.74) is 2.39. The van der Waals surface area contributed by atoms with Crippen LogP contribution in [0.2, 0.25) is 0 Å². The van der Waals surface area contributed by atoms with Crippen molar-refractivity contribution in [2.75, 3.05) is 24.5 Å². The summed E-state index contributed by atoms with van der Waals surface area (Å²) in [5, 5.41) is 9.00. The number of nitrogens with zero attached hydrogens (tertiary/aromatic N) is 2. The minimum Gasteiger partial charge on any atom is -0.474 e. The van der Waals surface area contributed by atoms with Crippen LogP contribution in [0.25, 0.3) is 0 Å². The highest BCUT2D eigenvalue weighted by molar-refractivity contribution is 9.10. The van der Waals surface area contributed by atoms with Crippen LogP contribution in [0.4, 0.5) is 5.69 Å². The van der Waals surface area contributed by atoms with Crippen molar-refractivity contribution in [3.05, 3.63) is 28.2 Å². The Morgan fingerprint density at radius 1 is 1.29 bits per heavy atom. The summed E-state index contributed by atoms with van der Waals surface area (Å²) in [5.74, 6) is -2.17. The number of rotatable bonds is 2. The Morgan fingerprint density at radius 2 is 1.96 bits per heavy atom. The molecule has 1 aliphatic rings. The molecule has 0 aromatic heterocycles. The molecule has 0 saturated carbocycles. The van der Waals surface area contributed by atoms with Crippen LogP contribution in [0.5, 0.6) is 0 Å². The van der Waals surface area contributed by atoms with Crippen molar-refractivity contribution < 1.29 is 14.7 Å². The molecule has 0 bridgehead atoms. The van der Waals surface area contributed by atoms with Crippen molar-refractivity contribution in [1.29, 1.82) is 0 Å². The summed E-state index contributed by atoms with van der Waals surface area (Å²) >= 11 is 3.55. The summed E-state index contributed by atoms with van der Waals surface area (Å²) in [7, 11) is 0. The Kier molecular flexibility index (Phi) is 5.58. The number of hydrogen-bond acceptors (Lipinski definition) is 3. The average molecular weight is 397 g/mol. The molecule has 0 spiro atoms. The van der Waals surface area contributed by atoms with Crippen LogP contribution >= 0.6 is 15.9 Å². The predicted octanol–water partition coefficient (Wildman–Crippen LogP) is 3.26. The van der Waals surface area contributed by atoms with Crippen LogP contribution in [0.1, 0.15) is 39.7 Å². The van der Waals surface area contributed by atoms with E-state index in [9.17, 15) is 9.59 Å². The molecule has 0 aliphatic carbocycles. The molecule has 1 heterocycles. The van der Waals surface area contributed by atoms with Gasteiger partial charge in [-0.25, -0.2) is 4.79 Å². The average Bonchev–Trinajstić information content (AvgIpc) is 2.52. The Labute approximate surface area is 151 Å². The van der Waals surface area contributed by atoms with Gasteiger partial charge >= 0.3 is 11.9 Å². The van der Waals surface area contributed by atoms with Crippen molar-refractivity contribution >= 4 is 33.5 Å². The number of anilines is 1. The highest BCUT2D eigenvalue weighted by Crippen LogP contribution is 2.35. The molecule has 1 aromatic rings. The van der Waals surface area contributed by atoms with Gasteiger partial charge in [-0.15, -0.1) is 0 Å². The monoisotopic (exact) mass is 396 g/mol. The maximum Gasteiger partial charge on any atom is 0.394 e. The number of hydrogen-bond donors (Lipinski definition) is 1. The van der Waals surface area contributed by atoms with E-state index in [0.29, 0.717) is 19.6 Å². The van der Waals surface area contributed by atoms with Crippen LogP contribution in [0.15, 0.2) is 22.7 Å². The second kappa shape index (κ2) is 7.13. The van der Waals surface area contributed by atoms with Crippen LogP contribution in [-0.2, 0) is 15.0 Å². The number of carbonyl (C=O) groups excluding carboxylic acids is 1. The van der Waals surface area contributed by atoms with Crippen LogP contribution in [0.3, 0.4) is 0 Å². The van der Waals surface area contributed by atoms with Crippen LogP contribution < -0.4 is 4.90 Å². The second-order valence-electron chi connectivity index (χ2n) is 7.22. The number of benzene rings is 1. The van der Waals surface area contributed by atoms with Gasteiger partial charge in [0.05, 0.1) is 0 Å². The lowest BCUT2D eigenvalue weighted by Gasteiger charge is -2.43. The minimum absolute atomic E-state index is 0.00512. The zero-order valence-electron chi connectivity index (χ0n) is 14.7. The van der Waals surface area contributed by atoms with Gasteiger partial charge in [-0.1, -0.05) is 43.6 Å². The molecule has 1 amide bonds. The third-order valence-corrected chi connectivity index (χ3v) is 5.00. The number of carbonyl (C=O) groups is 2. The molecule has 1 atom stereocenters. The maximum absolute atomic E-state index is 11.9. The summed E-state index contributed by atoms with van der Waals surface area (Å²) in [6.07, 6.45) is 0.733. The molecule has 1 aromatic carbocycles. The van der Waals surface area contributed by atoms with E-state index in [1.807, 2.05) is 13.0 Å². The molecule has 1 aliphatic heterocycles. The van der Waals surface area contributed by atoms with Crippen molar-refractivity contribution in [1.82, 2.24) is 4.90 Å². The van der Waals surface area contributed by atoms with Gasteiger partial charge in [-0.2, -0.15) is 0 Å². The fourth-order valence-corrected chi connectivity index (χ4v) is 3.56. The van der Waals surface area contributed by atoms with Crippen LogP contribution in [0, 0.1) is 0 Å². The summed E-state index contributed by atoms with van der Waals surface area (Å²) < 4.78 is 1.04. The highest BCUT2D eigenvalue weighted by Gasteiger charge is 2.34. The van der Waals surface area contributed by atoms with E-state index in [4.69, 9.17) is 5.11 Å². The molecule has 5 nitrogen and oxygen atoms in total. The lowest BCUT2D eigenvalue weighted by Crippen LogP contribution is -2.56. The first-order valence-electron chi connectivity index (χ1n) is 8.24. The van der Waals surface area contributed by atoms with Gasteiger partial charge in [-0.05, 0) is 35.6 Å². The number of carboxylic acids is 1. The topological polar surface area (TPSA) is 60.9 Å². The minimum atomic E-state index is -1.37. The maximum atomic E-state index is 11.9. The first kappa shape index (κ1) is 18.8. The molecule has 1 fully saturated rings. The van der Waals surface area contributed by atoms with Gasteiger partial charge in [0, 0.05) is 35.8 Å². The molecule has 1 N–H and O–H groups in total. The van der Waals surface area contributed by atoms with Gasteiger partial charge in [0.1, 0.15) is 0 Å². The molecule has 0 radical (unpaired) electrons. The Balaban J connectivity index is 2.30. The molecular weight excluding hydrogens is 372 g/mol. The predicted molar refractivity (Wildman–Crippen MR) is 98.5 cm³/mol. The first-order valence-corrected chi connectivity index (χ1v) is 9.03. The summed E-state index contributed by atoms with van der Waals surface area (Å²) in [6.45, 7) is 10.3. The van der Waals surface area contributed by atoms with Gasteiger partial charge < -0.3 is 14.9 Å². The van der Waals surface area contributed by atoms with Gasteiger partial charge in [0.25, 0.3) is 0 Å². The van der Waals surface area contributed by atoms with E-state index in [0.717, 1.165) is 16.6 Å². The molecule has 1 saturated heterocycles. The van der Waals surface area contributed by atoms with Crippen molar-refractivity contribution in [2.24, 2.45) is 0 Å². The van der Waals surface area contributed by atoms with E-state index in [2.05, 4.69) is 53.7 Å². The van der Waals surface area contributed by atoms with E-state index >= 15 is 0 Å². The van der Waals surface area contributed by atoms with E-state index in [1.54, 1.807) is 0 Å². The lowest BCUT2D eigenvalue weighted by atomic mass is 9.85. The zero-order valence-corrected chi connectivity index (χ0v) is 16.3. The number of aliphatic carboxylic acids is 1. The first-order chi connectivity index (χ1) is 11.1. The fraction of sp³-hybridized carbons (Fsp3) is 0.556. The molecule has 24 heavy (non-hydrogen) atoms. The molecule has 6 heteroatoms. The van der Waals surface area contributed by atoms with Crippen molar-refractivity contribution in [3.8, 4) is 0 Å². The third kappa shape index (κ3) is 3.91. The second-order valence-corrected chi connectivity index (χ2v) is 8.14. The summed E-state index contributed by atoms with van der Waals surface area (Å²) in [6, 6.07) is 6.19. The quantitative estimate of drug-likeness (QED) is 0.779. The van der Waals surface area contributed by atoms with E-state index < -0.39 is 11.9 Å². The van der Waals surface area contributed by atoms with Crippen molar-refractivity contribution in [3.63, 3.8) is 0 Å². The third-order valence-electron chi connectivity index (χ3n) is 4.51. The van der Waals surface area contributed by atoms with Gasteiger partial charge in [0.15, 0.2) is 0 Å². The molecule has 1 unspecified atom stereocenters. The largest absolute Gasteiger partial charge is 0.474 e. The molecule has 132 valence electrons. The SMILES string of the molecule is CCC1CN(c2ccc(Br)cc2C(C)(C)C)CCN1C(=O)C(=O)O. The normalized spacial score (nSPS) is 18.6.